The number of hydrogen-bond acceptors (Lipinski definition) is 2. The Morgan fingerprint density at radius 1 is 1.25 bits per heavy atom. The van der Waals surface area contributed by atoms with Gasteiger partial charge in [-0.15, -0.1) is 0 Å². The van der Waals surface area contributed by atoms with E-state index in [1.165, 1.54) is 44.2 Å². The molecular formula is C14H23NS. The molecule has 1 N–H and O–H groups in total. The molecule has 0 atom stereocenters. The van der Waals surface area contributed by atoms with Crippen LogP contribution >= 0.6 is 11.3 Å². The van der Waals surface area contributed by atoms with Crippen LogP contribution in [0.5, 0.6) is 0 Å². The van der Waals surface area contributed by atoms with Gasteiger partial charge in [-0.05, 0) is 53.6 Å². The van der Waals surface area contributed by atoms with E-state index in [4.69, 9.17) is 0 Å². The van der Waals surface area contributed by atoms with Gasteiger partial charge in [0.25, 0.3) is 0 Å². The van der Waals surface area contributed by atoms with Crippen molar-refractivity contribution in [2.75, 3.05) is 6.54 Å². The summed E-state index contributed by atoms with van der Waals surface area (Å²) in [5.41, 5.74) is 1.44. The lowest BCUT2D eigenvalue weighted by molar-refractivity contribution is 0.262. The van der Waals surface area contributed by atoms with Crippen LogP contribution in [0.25, 0.3) is 0 Å². The first-order valence-electron chi connectivity index (χ1n) is 6.60. The Hall–Kier alpha value is -0.340. The molecule has 1 aliphatic rings. The van der Waals surface area contributed by atoms with Crippen molar-refractivity contribution in [2.24, 2.45) is 11.8 Å². The van der Waals surface area contributed by atoms with Gasteiger partial charge in [0.05, 0.1) is 0 Å². The summed E-state index contributed by atoms with van der Waals surface area (Å²) in [7, 11) is 0. The van der Waals surface area contributed by atoms with E-state index < -0.39 is 0 Å². The smallest absolute Gasteiger partial charge is 0.0213 e. The van der Waals surface area contributed by atoms with Crippen LogP contribution in [0.3, 0.4) is 0 Å². The Balaban J connectivity index is 1.60. The average molecular weight is 237 g/mol. The quantitative estimate of drug-likeness (QED) is 0.814. The van der Waals surface area contributed by atoms with E-state index in [0.717, 1.165) is 18.4 Å². The van der Waals surface area contributed by atoms with Gasteiger partial charge < -0.3 is 5.32 Å². The standard InChI is InChI=1S/C14H23NS/c1-2-12-3-5-13(6-4-12)9-15-10-14-7-8-16-11-14/h7-8,11-13,15H,2-6,9-10H2,1H3. The summed E-state index contributed by atoms with van der Waals surface area (Å²) in [4.78, 5) is 0. The van der Waals surface area contributed by atoms with Gasteiger partial charge >= 0.3 is 0 Å². The maximum absolute atomic E-state index is 3.60. The van der Waals surface area contributed by atoms with Gasteiger partial charge in [0.1, 0.15) is 0 Å². The number of hydrogen-bond donors (Lipinski definition) is 1. The van der Waals surface area contributed by atoms with Crippen molar-refractivity contribution < 1.29 is 0 Å². The van der Waals surface area contributed by atoms with Crippen LogP contribution < -0.4 is 5.32 Å². The highest BCUT2D eigenvalue weighted by Gasteiger charge is 2.19. The summed E-state index contributed by atoms with van der Waals surface area (Å²) < 4.78 is 0. The monoisotopic (exact) mass is 237 g/mol. The molecule has 0 aliphatic heterocycles. The number of nitrogens with one attached hydrogen (secondary N) is 1. The van der Waals surface area contributed by atoms with Crippen molar-refractivity contribution in [3.05, 3.63) is 22.4 Å². The molecular weight excluding hydrogens is 214 g/mol. The van der Waals surface area contributed by atoms with Crippen molar-refractivity contribution in [3.63, 3.8) is 0 Å². The molecule has 16 heavy (non-hydrogen) atoms. The lowest BCUT2D eigenvalue weighted by Gasteiger charge is -2.27. The van der Waals surface area contributed by atoms with Crippen LogP contribution in [-0.2, 0) is 6.54 Å². The summed E-state index contributed by atoms with van der Waals surface area (Å²) in [6.45, 7) is 4.60. The largest absolute Gasteiger partial charge is 0.312 e. The van der Waals surface area contributed by atoms with Crippen LogP contribution in [0.1, 0.15) is 44.6 Å². The van der Waals surface area contributed by atoms with Gasteiger partial charge in [-0.25, -0.2) is 0 Å². The first-order chi connectivity index (χ1) is 7.88. The molecule has 1 aliphatic carbocycles. The maximum atomic E-state index is 3.60. The van der Waals surface area contributed by atoms with E-state index in [0.29, 0.717) is 0 Å². The molecule has 0 unspecified atom stereocenters. The molecule has 1 heterocycles. The van der Waals surface area contributed by atoms with E-state index in [1.807, 2.05) is 0 Å². The molecule has 2 rings (SSSR count). The Labute approximate surface area is 103 Å². The second kappa shape index (κ2) is 6.41. The third kappa shape index (κ3) is 3.60. The predicted molar refractivity (Wildman–Crippen MR) is 71.8 cm³/mol. The highest BCUT2D eigenvalue weighted by molar-refractivity contribution is 7.07. The van der Waals surface area contributed by atoms with Gasteiger partial charge in [0.15, 0.2) is 0 Å². The molecule has 2 heteroatoms. The summed E-state index contributed by atoms with van der Waals surface area (Å²) in [5.74, 6) is 1.95. The minimum Gasteiger partial charge on any atom is -0.312 e. The van der Waals surface area contributed by atoms with Crippen molar-refractivity contribution >= 4 is 11.3 Å². The van der Waals surface area contributed by atoms with Crippen LogP contribution in [0.2, 0.25) is 0 Å². The van der Waals surface area contributed by atoms with E-state index in [-0.39, 0.29) is 0 Å². The van der Waals surface area contributed by atoms with Crippen molar-refractivity contribution in [3.8, 4) is 0 Å². The topological polar surface area (TPSA) is 12.0 Å². The minimum atomic E-state index is 0.932. The average Bonchev–Trinajstić information content (AvgIpc) is 2.83. The second-order valence-corrected chi connectivity index (χ2v) is 5.84. The Kier molecular flexibility index (Phi) is 4.86. The van der Waals surface area contributed by atoms with Crippen LogP contribution in [0.15, 0.2) is 16.8 Å². The summed E-state index contributed by atoms with van der Waals surface area (Å²) in [6, 6.07) is 2.21. The van der Waals surface area contributed by atoms with E-state index in [9.17, 15) is 0 Å². The molecule has 90 valence electrons. The van der Waals surface area contributed by atoms with Gasteiger partial charge in [-0.3, -0.25) is 0 Å². The molecule has 1 aromatic heterocycles. The van der Waals surface area contributed by atoms with Crippen LogP contribution in [0, 0.1) is 11.8 Å². The van der Waals surface area contributed by atoms with Crippen LogP contribution in [0.4, 0.5) is 0 Å². The summed E-state index contributed by atoms with van der Waals surface area (Å²) in [6.07, 6.45) is 7.18. The third-order valence-corrected chi connectivity index (χ3v) is 4.62. The van der Waals surface area contributed by atoms with Crippen LogP contribution in [-0.4, -0.2) is 6.54 Å². The normalized spacial score (nSPS) is 25.8. The zero-order chi connectivity index (χ0) is 11.2. The van der Waals surface area contributed by atoms with E-state index >= 15 is 0 Å². The first-order valence-corrected chi connectivity index (χ1v) is 7.54. The van der Waals surface area contributed by atoms with Gasteiger partial charge in [0, 0.05) is 6.54 Å². The first kappa shape index (κ1) is 12.1. The number of rotatable bonds is 5. The lowest BCUT2D eigenvalue weighted by Crippen LogP contribution is -2.26. The lowest BCUT2D eigenvalue weighted by atomic mass is 9.81. The zero-order valence-electron chi connectivity index (χ0n) is 10.2. The fraction of sp³-hybridized carbons (Fsp3) is 0.714. The summed E-state index contributed by atoms with van der Waals surface area (Å²) in [5, 5.41) is 7.99. The predicted octanol–water partition coefficient (Wildman–Crippen LogP) is 4.05. The minimum absolute atomic E-state index is 0.932. The van der Waals surface area contributed by atoms with Crippen molar-refractivity contribution in [1.29, 1.82) is 0 Å². The highest BCUT2D eigenvalue weighted by atomic mass is 32.1. The van der Waals surface area contributed by atoms with Crippen molar-refractivity contribution in [2.45, 2.75) is 45.6 Å². The number of thiophene rings is 1. The maximum Gasteiger partial charge on any atom is 0.0213 e. The molecule has 1 aromatic rings. The Bertz CT molecular complexity index is 273. The molecule has 1 saturated carbocycles. The molecule has 1 nitrogen and oxygen atoms in total. The molecule has 0 amide bonds. The third-order valence-electron chi connectivity index (χ3n) is 3.89. The second-order valence-electron chi connectivity index (χ2n) is 5.06. The Morgan fingerprint density at radius 3 is 2.62 bits per heavy atom. The Morgan fingerprint density at radius 2 is 2.00 bits per heavy atom. The van der Waals surface area contributed by atoms with Gasteiger partial charge in [-0.1, -0.05) is 26.2 Å². The van der Waals surface area contributed by atoms with Gasteiger partial charge in [0.2, 0.25) is 0 Å². The molecule has 0 radical (unpaired) electrons. The molecule has 1 fully saturated rings. The van der Waals surface area contributed by atoms with E-state index in [2.05, 4.69) is 29.1 Å². The van der Waals surface area contributed by atoms with E-state index in [1.54, 1.807) is 11.3 Å². The highest BCUT2D eigenvalue weighted by Crippen LogP contribution is 2.30. The fourth-order valence-electron chi connectivity index (χ4n) is 2.66. The molecule has 0 saturated heterocycles. The SMILES string of the molecule is CCC1CCC(CNCc2ccsc2)CC1. The summed E-state index contributed by atoms with van der Waals surface area (Å²) >= 11 is 1.79. The molecule has 0 spiro atoms. The molecule has 0 aromatic carbocycles. The van der Waals surface area contributed by atoms with Crippen molar-refractivity contribution in [1.82, 2.24) is 5.32 Å². The molecule has 0 bridgehead atoms. The zero-order valence-corrected chi connectivity index (χ0v) is 11.1. The van der Waals surface area contributed by atoms with Gasteiger partial charge in [-0.2, -0.15) is 11.3 Å². The fourth-order valence-corrected chi connectivity index (χ4v) is 3.33.